The van der Waals surface area contributed by atoms with Gasteiger partial charge in [0.15, 0.2) is 0 Å². The number of fused-ring (bicyclic) bond motifs is 3. The highest BCUT2D eigenvalue weighted by molar-refractivity contribution is 5.05. The molecule has 80 valence electrons. The summed E-state index contributed by atoms with van der Waals surface area (Å²) in [6.07, 6.45) is 2.11. The van der Waals surface area contributed by atoms with Gasteiger partial charge in [0.1, 0.15) is 0 Å². The predicted molar refractivity (Wildman–Crippen MR) is 49.4 cm³/mol. The van der Waals surface area contributed by atoms with E-state index in [1.165, 1.54) is 0 Å². The van der Waals surface area contributed by atoms with Gasteiger partial charge in [-0.05, 0) is 12.8 Å². The molecule has 4 nitrogen and oxygen atoms in total. The summed E-state index contributed by atoms with van der Waals surface area (Å²) in [6, 6.07) is 0. The van der Waals surface area contributed by atoms with Crippen LogP contribution in [0.25, 0.3) is 0 Å². The van der Waals surface area contributed by atoms with Crippen LogP contribution in [0, 0.1) is 10.8 Å². The van der Waals surface area contributed by atoms with Gasteiger partial charge in [0, 0.05) is 12.0 Å². The van der Waals surface area contributed by atoms with Crippen LogP contribution in [0.1, 0.15) is 19.8 Å². The van der Waals surface area contributed by atoms with Crippen LogP contribution in [0.5, 0.6) is 0 Å². The van der Waals surface area contributed by atoms with E-state index in [0.717, 1.165) is 32.7 Å². The van der Waals surface area contributed by atoms with Crippen molar-refractivity contribution < 1.29 is 14.2 Å². The highest BCUT2D eigenvalue weighted by Crippen LogP contribution is 2.59. The molecule has 2 N–H and O–H groups in total. The van der Waals surface area contributed by atoms with E-state index >= 15 is 0 Å². The van der Waals surface area contributed by atoms with Crippen LogP contribution in [-0.2, 0) is 14.2 Å². The molecule has 0 unspecified atom stereocenters. The fourth-order valence-electron chi connectivity index (χ4n) is 2.30. The topological polar surface area (TPSA) is 53.7 Å². The highest BCUT2D eigenvalue weighted by Gasteiger charge is 2.67. The molecule has 4 rings (SSSR count). The summed E-state index contributed by atoms with van der Waals surface area (Å²) < 4.78 is 17.3. The Balaban J connectivity index is 1.86. The Morgan fingerprint density at radius 3 is 1.93 bits per heavy atom. The molecule has 3 heterocycles. The molecule has 1 saturated carbocycles. The van der Waals surface area contributed by atoms with Gasteiger partial charge in [-0.25, -0.2) is 0 Å². The minimum atomic E-state index is -0.806. The number of rotatable bonds is 2. The molecule has 0 aromatic rings. The number of nitrogens with two attached hydrogens (primary N) is 1. The Bertz CT molecular complexity index is 238. The second-order valence-electron chi connectivity index (χ2n) is 5.22. The van der Waals surface area contributed by atoms with E-state index in [2.05, 4.69) is 6.92 Å². The van der Waals surface area contributed by atoms with Gasteiger partial charge in [0.25, 0.3) is 5.97 Å². The van der Waals surface area contributed by atoms with Crippen LogP contribution in [0.2, 0.25) is 0 Å². The standard InChI is InChI=1S/C10H17NO3/c1-8-5-12-10(13-6-8,14-7-8)9(4-11)2-3-9/h2-7,11H2,1H3. The van der Waals surface area contributed by atoms with Gasteiger partial charge < -0.3 is 19.9 Å². The van der Waals surface area contributed by atoms with Crippen LogP contribution in [0.4, 0.5) is 0 Å². The number of ether oxygens (including phenoxy) is 3. The van der Waals surface area contributed by atoms with Crippen LogP contribution in [0.15, 0.2) is 0 Å². The lowest BCUT2D eigenvalue weighted by Crippen LogP contribution is -2.64. The molecule has 0 atom stereocenters. The zero-order chi connectivity index (χ0) is 9.86. The first-order chi connectivity index (χ1) is 6.64. The third-order valence-electron chi connectivity index (χ3n) is 3.73. The summed E-state index contributed by atoms with van der Waals surface area (Å²) in [5.41, 5.74) is 5.76. The first-order valence-electron chi connectivity index (χ1n) is 5.26. The Hall–Kier alpha value is -0.160. The van der Waals surface area contributed by atoms with E-state index in [9.17, 15) is 0 Å². The summed E-state index contributed by atoms with van der Waals surface area (Å²) >= 11 is 0. The average molecular weight is 199 g/mol. The monoisotopic (exact) mass is 199 g/mol. The first kappa shape index (κ1) is 9.09. The molecule has 0 aromatic carbocycles. The van der Waals surface area contributed by atoms with E-state index in [1.54, 1.807) is 0 Å². The van der Waals surface area contributed by atoms with E-state index in [0.29, 0.717) is 6.54 Å². The smallest absolute Gasteiger partial charge is 0.290 e. The van der Waals surface area contributed by atoms with Crippen molar-refractivity contribution in [1.82, 2.24) is 0 Å². The van der Waals surface area contributed by atoms with Gasteiger partial charge in [-0.15, -0.1) is 0 Å². The van der Waals surface area contributed by atoms with Gasteiger partial charge in [-0.2, -0.15) is 0 Å². The van der Waals surface area contributed by atoms with E-state index in [1.807, 2.05) is 0 Å². The molecule has 3 saturated heterocycles. The maximum atomic E-state index is 5.77. The van der Waals surface area contributed by atoms with Crippen molar-refractivity contribution >= 4 is 0 Å². The molecule has 0 amide bonds. The van der Waals surface area contributed by atoms with Crippen LogP contribution in [-0.4, -0.2) is 32.3 Å². The minimum Gasteiger partial charge on any atom is -0.330 e. The lowest BCUT2D eigenvalue weighted by Gasteiger charge is -2.53. The zero-order valence-electron chi connectivity index (χ0n) is 8.54. The van der Waals surface area contributed by atoms with Crippen molar-refractivity contribution in [2.75, 3.05) is 26.4 Å². The fraction of sp³-hybridized carbons (Fsp3) is 1.00. The first-order valence-corrected chi connectivity index (χ1v) is 5.26. The fourth-order valence-corrected chi connectivity index (χ4v) is 2.30. The molecule has 4 heteroatoms. The summed E-state index contributed by atoms with van der Waals surface area (Å²) in [5, 5.41) is 0. The predicted octanol–water partition coefficient (Wildman–Crippen LogP) is 0.462. The van der Waals surface area contributed by atoms with Crippen molar-refractivity contribution in [3.05, 3.63) is 0 Å². The van der Waals surface area contributed by atoms with Gasteiger partial charge in [0.05, 0.1) is 25.2 Å². The van der Waals surface area contributed by atoms with Gasteiger partial charge >= 0.3 is 0 Å². The molecule has 3 aliphatic heterocycles. The third-order valence-corrected chi connectivity index (χ3v) is 3.73. The lowest BCUT2D eigenvalue weighted by atomic mass is 9.89. The Morgan fingerprint density at radius 1 is 1.07 bits per heavy atom. The molecule has 0 spiro atoms. The second-order valence-corrected chi connectivity index (χ2v) is 5.22. The third kappa shape index (κ3) is 0.972. The molecule has 0 aromatic heterocycles. The molecule has 2 bridgehead atoms. The molecule has 4 aliphatic rings. The Labute approximate surface area is 83.7 Å². The second kappa shape index (κ2) is 2.50. The Morgan fingerprint density at radius 2 is 1.57 bits per heavy atom. The van der Waals surface area contributed by atoms with Crippen molar-refractivity contribution in [1.29, 1.82) is 0 Å². The van der Waals surface area contributed by atoms with Crippen LogP contribution < -0.4 is 5.73 Å². The lowest BCUT2D eigenvalue weighted by molar-refractivity contribution is -0.489. The quantitative estimate of drug-likeness (QED) is 0.702. The largest absolute Gasteiger partial charge is 0.330 e. The number of hydrogen-bond donors (Lipinski definition) is 1. The SMILES string of the molecule is CC12COC(C3(CN)CC3)(OC1)OC2. The van der Waals surface area contributed by atoms with Crippen molar-refractivity contribution in [3.8, 4) is 0 Å². The molecular weight excluding hydrogens is 182 g/mol. The molecular formula is C10H17NO3. The maximum absolute atomic E-state index is 5.77. The van der Waals surface area contributed by atoms with E-state index in [4.69, 9.17) is 19.9 Å². The summed E-state index contributed by atoms with van der Waals surface area (Å²) in [5.74, 6) is -0.806. The molecule has 0 radical (unpaired) electrons. The summed E-state index contributed by atoms with van der Waals surface area (Å²) in [7, 11) is 0. The minimum absolute atomic E-state index is 0.0480. The molecule has 1 aliphatic carbocycles. The average Bonchev–Trinajstić information content (AvgIpc) is 3.00. The Kier molecular flexibility index (Phi) is 1.62. The van der Waals surface area contributed by atoms with Crippen LogP contribution in [0.3, 0.4) is 0 Å². The van der Waals surface area contributed by atoms with Crippen molar-refractivity contribution in [2.24, 2.45) is 16.6 Å². The molecule has 14 heavy (non-hydrogen) atoms. The van der Waals surface area contributed by atoms with Crippen LogP contribution >= 0.6 is 0 Å². The van der Waals surface area contributed by atoms with E-state index in [-0.39, 0.29) is 10.8 Å². The van der Waals surface area contributed by atoms with Gasteiger partial charge in [-0.1, -0.05) is 6.92 Å². The zero-order valence-corrected chi connectivity index (χ0v) is 8.54. The van der Waals surface area contributed by atoms with Gasteiger partial charge in [0.2, 0.25) is 0 Å². The normalized spacial score (nSPS) is 49.3. The molecule has 4 fully saturated rings. The summed E-state index contributed by atoms with van der Waals surface area (Å²) in [4.78, 5) is 0. The number of hydrogen-bond acceptors (Lipinski definition) is 4. The summed E-state index contributed by atoms with van der Waals surface area (Å²) in [6.45, 7) is 4.90. The van der Waals surface area contributed by atoms with Gasteiger partial charge in [-0.3, -0.25) is 0 Å². The van der Waals surface area contributed by atoms with Crippen molar-refractivity contribution in [2.45, 2.75) is 25.7 Å². The maximum Gasteiger partial charge on any atom is 0.290 e. The van der Waals surface area contributed by atoms with E-state index < -0.39 is 5.97 Å². The van der Waals surface area contributed by atoms with Crippen molar-refractivity contribution in [3.63, 3.8) is 0 Å². The highest BCUT2D eigenvalue weighted by atomic mass is 16.9.